The molecule has 1 aliphatic rings. The zero-order valence-corrected chi connectivity index (χ0v) is 9.37. The second-order valence-corrected chi connectivity index (χ2v) is 4.28. The maximum absolute atomic E-state index is 11.2. The molecule has 0 bridgehead atoms. The van der Waals surface area contributed by atoms with Gasteiger partial charge in [-0.05, 0) is 32.2 Å². The SMILES string of the molecule is C=CCCCN[C@H]1CCCC[C@@H]1C(N)=O. The molecule has 0 spiro atoms. The molecule has 1 fully saturated rings. The third-order valence-electron chi connectivity index (χ3n) is 3.12. The van der Waals surface area contributed by atoms with E-state index in [0.717, 1.165) is 38.6 Å². The molecule has 2 atom stereocenters. The molecule has 15 heavy (non-hydrogen) atoms. The summed E-state index contributed by atoms with van der Waals surface area (Å²) in [7, 11) is 0. The minimum absolute atomic E-state index is 0.0440. The van der Waals surface area contributed by atoms with Crippen molar-refractivity contribution >= 4 is 5.91 Å². The van der Waals surface area contributed by atoms with Crippen LogP contribution in [0.2, 0.25) is 0 Å². The molecule has 3 nitrogen and oxygen atoms in total. The number of amides is 1. The lowest BCUT2D eigenvalue weighted by atomic mass is 9.84. The predicted molar refractivity (Wildman–Crippen MR) is 62.4 cm³/mol. The van der Waals surface area contributed by atoms with Gasteiger partial charge >= 0.3 is 0 Å². The smallest absolute Gasteiger partial charge is 0.222 e. The summed E-state index contributed by atoms with van der Waals surface area (Å²) in [6.07, 6.45) is 8.43. The number of primary amides is 1. The van der Waals surface area contributed by atoms with Gasteiger partial charge in [-0.1, -0.05) is 18.9 Å². The summed E-state index contributed by atoms with van der Waals surface area (Å²) in [6.45, 7) is 4.65. The summed E-state index contributed by atoms with van der Waals surface area (Å²) in [6, 6.07) is 0.307. The highest BCUT2D eigenvalue weighted by molar-refractivity contribution is 5.77. The number of rotatable bonds is 6. The first-order valence-electron chi connectivity index (χ1n) is 5.89. The van der Waals surface area contributed by atoms with Crippen molar-refractivity contribution in [2.45, 2.75) is 44.6 Å². The Kier molecular flexibility index (Phi) is 5.40. The molecule has 3 heteroatoms. The minimum Gasteiger partial charge on any atom is -0.369 e. The normalized spacial score (nSPS) is 26.1. The fraction of sp³-hybridized carbons (Fsp3) is 0.750. The monoisotopic (exact) mass is 210 g/mol. The second-order valence-electron chi connectivity index (χ2n) is 4.28. The van der Waals surface area contributed by atoms with Crippen LogP contribution in [0, 0.1) is 5.92 Å². The number of allylic oxidation sites excluding steroid dienone is 1. The van der Waals surface area contributed by atoms with E-state index in [1.165, 1.54) is 6.42 Å². The van der Waals surface area contributed by atoms with Crippen molar-refractivity contribution in [2.24, 2.45) is 11.7 Å². The summed E-state index contributed by atoms with van der Waals surface area (Å²) >= 11 is 0. The van der Waals surface area contributed by atoms with Crippen LogP contribution >= 0.6 is 0 Å². The van der Waals surface area contributed by atoms with Gasteiger partial charge in [0, 0.05) is 6.04 Å². The molecule has 0 radical (unpaired) electrons. The van der Waals surface area contributed by atoms with Gasteiger partial charge in [-0.15, -0.1) is 6.58 Å². The van der Waals surface area contributed by atoms with Crippen molar-refractivity contribution < 1.29 is 4.79 Å². The van der Waals surface area contributed by atoms with Crippen LogP contribution in [-0.4, -0.2) is 18.5 Å². The maximum Gasteiger partial charge on any atom is 0.222 e. The average Bonchev–Trinajstić information content (AvgIpc) is 2.25. The molecular formula is C12H22N2O. The first-order valence-corrected chi connectivity index (χ1v) is 5.89. The van der Waals surface area contributed by atoms with E-state index in [1.807, 2.05) is 6.08 Å². The van der Waals surface area contributed by atoms with Crippen molar-refractivity contribution in [3.63, 3.8) is 0 Å². The third kappa shape index (κ3) is 4.04. The van der Waals surface area contributed by atoms with Gasteiger partial charge in [-0.3, -0.25) is 4.79 Å². The predicted octanol–water partition coefficient (Wildman–Crippen LogP) is 1.59. The van der Waals surface area contributed by atoms with E-state index in [2.05, 4.69) is 11.9 Å². The van der Waals surface area contributed by atoms with E-state index in [0.29, 0.717) is 6.04 Å². The fourth-order valence-electron chi connectivity index (χ4n) is 2.25. The number of hydrogen-bond acceptors (Lipinski definition) is 2. The van der Waals surface area contributed by atoms with Gasteiger partial charge in [0.25, 0.3) is 0 Å². The molecule has 0 aromatic heterocycles. The van der Waals surface area contributed by atoms with E-state index in [4.69, 9.17) is 5.73 Å². The molecule has 1 amide bonds. The molecule has 0 aromatic carbocycles. The van der Waals surface area contributed by atoms with Crippen LogP contribution in [0.4, 0.5) is 0 Å². The highest BCUT2D eigenvalue weighted by Crippen LogP contribution is 2.24. The first kappa shape index (κ1) is 12.2. The van der Waals surface area contributed by atoms with Crippen LogP contribution in [0.5, 0.6) is 0 Å². The number of nitrogens with two attached hydrogens (primary N) is 1. The lowest BCUT2D eigenvalue weighted by molar-refractivity contribution is -0.123. The van der Waals surface area contributed by atoms with E-state index >= 15 is 0 Å². The molecule has 86 valence electrons. The summed E-state index contributed by atoms with van der Waals surface area (Å²) in [5, 5.41) is 3.44. The Morgan fingerprint density at radius 3 is 2.87 bits per heavy atom. The fourth-order valence-corrected chi connectivity index (χ4v) is 2.25. The van der Waals surface area contributed by atoms with E-state index in [1.54, 1.807) is 0 Å². The summed E-state index contributed by atoms with van der Waals surface area (Å²) < 4.78 is 0. The number of unbranched alkanes of at least 4 members (excludes halogenated alkanes) is 1. The number of carbonyl (C=O) groups is 1. The van der Waals surface area contributed by atoms with Crippen LogP contribution in [0.1, 0.15) is 38.5 Å². The van der Waals surface area contributed by atoms with Gasteiger partial charge in [0.1, 0.15) is 0 Å². The third-order valence-corrected chi connectivity index (χ3v) is 3.12. The quantitative estimate of drug-likeness (QED) is 0.516. The van der Waals surface area contributed by atoms with Crippen LogP contribution in [0.25, 0.3) is 0 Å². The molecule has 0 unspecified atom stereocenters. The number of hydrogen-bond donors (Lipinski definition) is 2. The standard InChI is InChI=1S/C12H22N2O/c1-2-3-6-9-14-11-8-5-4-7-10(11)12(13)15/h2,10-11,14H,1,3-9H2,(H2,13,15)/t10-,11-/m0/s1. The lowest BCUT2D eigenvalue weighted by Gasteiger charge is -2.30. The molecule has 3 N–H and O–H groups in total. The molecule has 0 aliphatic heterocycles. The molecule has 0 aromatic rings. The minimum atomic E-state index is -0.143. The molecular weight excluding hydrogens is 188 g/mol. The van der Waals surface area contributed by atoms with Crippen LogP contribution in [-0.2, 0) is 4.79 Å². The summed E-state index contributed by atoms with van der Waals surface area (Å²) in [4.78, 5) is 11.2. The number of nitrogens with one attached hydrogen (secondary N) is 1. The number of carbonyl (C=O) groups excluding carboxylic acids is 1. The zero-order valence-electron chi connectivity index (χ0n) is 9.37. The zero-order chi connectivity index (χ0) is 11.1. The first-order chi connectivity index (χ1) is 7.25. The van der Waals surface area contributed by atoms with Gasteiger partial charge in [0.2, 0.25) is 5.91 Å². The van der Waals surface area contributed by atoms with Crippen LogP contribution in [0.15, 0.2) is 12.7 Å². The summed E-state index contributed by atoms with van der Waals surface area (Å²) in [5.41, 5.74) is 5.39. The Bertz CT molecular complexity index is 216. The van der Waals surface area contributed by atoms with Crippen molar-refractivity contribution in [1.29, 1.82) is 0 Å². The Balaban J connectivity index is 2.29. The van der Waals surface area contributed by atoms with Gasteiger partial charge < -0.3 is 11.1 Å². The molecule has 1 saturated carbocycles. The van der Waals surface area contributed by atoms with Crippen molar-refractivity contribution in [3.8, 4) is 0 Å². The van der Waals surface area contributed by atoms with Crippen molar-refractivity contribution in [2.75, 3.05) is 6.54 Å². The van der Waals surface area contributed by atoms with Crippen LogP contribution in [0.3, 0.4) is 0 Å². The summed E-state index contributed by atoms with van der Waals surface area (Å²) in [5.74, 6) is -0.0987. The van der Waals surface area contributed by atoms with Gasteiger partial charge in [-0.2, -0.15) is 0 Å². The molecule has 1 aliphatic carbocycles. The Labute approximate surface area is 92.1 Å². The van der Waals surface area contributed by atoms with E-state index in [-0.39, 0.29) is 11.8 Å². The van der Waals surface area contributed by atoms with Crippen molar-refractivity contribution in [3.05, 3.63) is 12.7 Å². The van der Waals surface area contributed by atoms with E-state index < -0.39 is 0 Å². The Hall–Kier alpha value is -0.830. The molecule has 1 rings (SSSR count). The van der Waals surface area contributed by atoms with Gasteiger partial charge in [0.15, 0.2) is 0 Å². The van der Waals surface area contributed by atoms with Crippen LogP contribution < -0.4 is 11.1 Å². The molecule has 0 heterocycles. The Morgan fingerprint density at radius 1 is 1.47 bits per heavy atom. The van der Waals surface area contributed by atoms with Crippen molar-refractivity contribution in [1.82, 2.24) is 5.32 Å². The maximum atomic E-state index is 11.2. The Morgan fingerprint density at radius 2 is 2.20 bits per heavy atom. The second kappa shape index (κ2) is 6.62. The van der Waals surface area contributed by atoms with Gasteiger partial charge in [-0.25, -0.2) is 0 Å². The topological polar surface area (TPSA) is 55.1 Å². The van der Waals surface area contributed by atoms with Gasteiger partial charge in [0.05, 0.1) is 5.92 Å². The van der Waals surface area contributed by atoms with E-state index in [9.17, 15) is 4.79 Å². The largest absolute Gasteiger partial charge is 0.369 e. The highest BCUT2D eigenvalue weighted by atomic mass is 16.1. The lowest BCUT2D eigenvalue weighted by Crippen LogP contribution is -2.45. The molecule has 0 saturated heterocycles. The highest BCUT2D eigenvalue weighted by Gasteiger charge is 2.28. The average molecular weight is 210 g/mol.